The zero-order valence-corrected chi connectivity index (χ0v) is 9.02. The van der Waals surface area contributed by atoms with Crippen LogP contribution in [0.15, 0.2) is 18.7 Å². The Morgan fingerprint density at radius 1 is 1.47 bits per heavy atom. The van der Waals surface area contributed by atoms with Crippen LogP contribution >= 0.6 is 0 Å². The van der Waals surface area contributed by atoms with Crippen LogP contribution in [0.3, 0.4) is 0 Å². The van der Waals surface area contributed by atoms with E-state index >= 15 is 0 Å². The number of nitrogens with zero attached hydrogens (tertiary/aromatic N) is 2. The van der Waals surface area contributed by atoms with E-state index in [1.165, 1.54) is 30.2 Å². The molecule has 2 rings (SSSR count). The number of hydrogen-bond acceptors (Lipinski definition) is 2. The zero-order valence-electron chi connectivity index (χ0n) is 9.02. The summed E-state index contributed by atoms with van der Waals surface area (Å²) < 4.78 is 1.49. The molecule has 2 atom stereocenters. The number of aromatic nitrogens is 2. The second-order valence-corrected chi connectivity index (χ2v) is 4.29. The third-order valence-electron chi connectivity index (χ3n) is 3.16. The fourth-order valence-electron chi connectivity index (χ4n) is 2.14. The summed E-state index contributed by atoms with van der Waals surface area (Å²) in [4.78, 5) is 15.6. The van der Waals surface area contributed by atoms with Gasteiger partial charge in [0.1, 0.15) is 6.33 Å². The molecule has 1 aliphatic rings. The van der Waals surface area contributed by atoms with Gasteiger partial charge in [0.2, 0.25) is 0 Å². The van der Waals surface area contributed by atoms with Crippen LogP contribution in [0, 0.1) is 5.92 Å². The van der Waals surface area contributed by atoms with E-state index in [4.69, 9.17) is 0 Å². The summed E-state index contributed by atoms with van der Waals surface area (Å²) in [6.45, 7) is 2.21. The predicted molar refractivity (Wildman–Crippen MR) is 57.6 cm³/mol. The number of hydrogen-bond donors (Lipinski definition) is 1. The number of carbonyl (C=O) groups is 1. The standard InChI is InChI=1S/C11H17N3O/c1-9-4-2-3-5-10(9)13-11(15)14-7-6-12-8-14/h6-10H,2-5H2,1H3,(H,13,15). The lowest BCUT2D eigenvalue weighted by Crippen LogP contribution is -2.42. The van der Waals surface area contributed by atoms with Gasteiger partial charge in [0.15, 0.2) is 0 Å². The van der Waals surface area contributed by atoms with Crippen LogP contribution < -0.4 is 5.32 Å². The minimum absolute atomic E-state index is 0.0637. The van der Waals surface area contributed by atoms with Gasteiger partial charge >= 0.3 is 6.03 Å². The normalized spacial score (nSPS) is 26.2. The first-order chi connectivity index (χ1) is 7.27. The molecule has 1 aliphatic carbocycles. The molecule has 1 aromatic rings. The third kappa shape index (κ3) is 2.37. The van der Waals surface area contributed by atoms with Gasteiger partial charge in [-0.15, -0.1) is 0 Å². The van der Waals surface area contributed by atoms with Gasteiger partial charge in [-0.2, -0.15) is 0 Å². The summed E-state index contributed by atoms with van der Waals surface area (Å²) in [5, 5.41) is 3.06. The van der Waals surface area contributed by atoms with Crippen molar-refractivity contribution in [3.63, 3.8) is 0 Å². The van der Waals surface area contributed by atoms with Gasteiger partial charge in [-0.3, -0.25) is 4.57 Å². The Labute approximate surface area is 89.7 Å². The molecule has 2 unspecified atom stereocenters. The molecule has 15 heavy (non-hydrogen) atoms. The van der Waals surface area contributed by atoms with Crippen LogP contribution in [-0.2, 0) is 0 Å². The van der Waals surface area contributed by atoms with Crippen LogP contribution in [0.5, 0.6) is 0 Å². The summed E-state index contributed by atoms with van der Waals surface area (Å²) in [5.41, 5.74) is 0. The second-order valence-electron chi connectivity index (χ2n) is 4.29. The fourth-order valence-corrected chi connectivity index (χ4v) is 2.14. The van der Waals surface area contributed by atoms with Gasteiger partial charge < -0.3 is 5.32 Å². The summed E-state index contributed by atoms with van der Waals surface area (Å²) in [6.07, 6.45) is 9.64. The average molecular weight is 207 g/mol. The quantitative estimate of drug-likeness (QED) is 0.765. The molecule has 4 heteroatoms. The maximum atomic E-state index is 11.7. The summed E-state index contributed by atoms with van der Waals surface area (Å²) in [7, 11) is 0. The first-order valence-corrected chi connectivity index (χ1v) is 5.56. The maximum absolute atomic E-state index is 11.7. The topological polar surface area (TPSA) is 46.9 Å². The Hall–Kier alpha value is -1.32. The molecule has 1 saturated carbocycles. The van der Waals surface area contributed by atoms with Crippen molar-refractivity contribution in [3.05, 3.63) is 18.7 Å². The van der Waals surface area contributed by atoms with E-state index in [2.05, 4.69) is 17.2 Å². The lowest BCUT2D eigenvalue weighted by Gasteiger charge is -2.29. The van der Waals surface area contributed by atoms with E-state index in [0.717, 1.165) is 6.42 Å². The van der Waals surface area contributed by atoms with E-state index in [1.54, 1.807) is 12.4 Å². The molecular formula is C11H17N3O. The minimum Gasteiger partial charge on any atom is -0.334 e. The van der Waals surface area contributed by atoms with Gasteiger partial charge in [0, 0.05) is 18.4 Å². The van der Waals surface area contributed by atoms with Crippen LogP contribution in [0.1, 0.15) is 32.6 Å². The van der Waals surface area contributed by atoms with Crippen LogP contribution in [0.2, 0.25) is 0 Å². The van der Waals surface area contributed by atoms with E-state index in [0.29, 0.717) is 12.0 Å². The predicted octanol–water partition coefficient (Wildman–Crippen LogP) is 2.02. The van der Waals surface area contributed by atoms with Gasteiger partial charge in [-0.05, 0) is 18.8 Å². The molecular weight excluding hydrogens is 190 g/mol. The van der Waals surface area contributed by atoms with E-state index in [9.17, 15) is 4.79 Å². The van der Waals surface area contributed by atoms with Gasteiger partial charge in [-0.1, -0.05) is 19.8 Å². The van der Waals surface area contributed by atoms with Crippen molar-refractivity contribution in [3.8, 4) is 0 Å². The second kappa shape index (κ2) is 4.47. The lowest BCUT2D eigenvalue weighted by molar-refractivity contribution is 0.223. The highest BCUT2D eigenvalue weighted by Crippen LogP contribution is 2.23. The molecule has 0 aliphatic heterocycles. The first kappa shape index (κ1) is 10.2. The smallest absolute Gasteiger partial charge is 0.327 e. The van der Waals surface area contributed by atoms with E-state index in [1.807, 2.05) is 0 Å². The molecule has 1 amide bonds. The molecule has 4 nitrogen and oxygen atoms in total. The molecule has 0 radical (unpaired) electrons. The summed E-state index contributed by atoms with van der Waals surface area (Å²) >= 11 is 0. The van der Waals surface area contributed by atoms with Crippen molar-refractivity contribution < 1.29 is 4.79 Å². The number of rotatable bonds is 1. The van der Waals surface area contributed by atoms with Crippen LogP contribution in [0.4, 0.5) is 4.79 Å². The van der Waals surface area contributed by atoms with Gasteiger partial charge in [0.05, 0.1) is 0 Å². The molecule has 0 saturated heterocycles. The molecule has 1 N–H and O–H groups in total. The van der Waals surface area contributed by atoms with E-state index < -0.39 is 0 Å². The van der Waals surface area contributed by atoms with Crippen molar-refractivity contribution in [2.75, 3.05) is 0 Å². The lowest BCUT2D eigenvalue weighted by atomic mass is 9.86. The highest BCUT2D eigenvalue weighted by atomic mass is 16.2. The minimum atomic E-state index is -0.0637. The van der Waals surface area contributed by atoms with Crippen molar-refractivity contribution in [2.24, 2.45) is 5.92 Å². The SMILES string of the molecule is CC1CCCCC1NC(=O)n1ccnc1. The number of amides is 1. The molecule has 0 aromatic carbocycles. The highest BCUT2D eigenvalue weighted by Gasteiger charge is 2.22. The fraction of sp³-hybridized carbons (Fsp3) is 0.636. The van der Waals surface area contributed by atoms with Gasteiger partial charge in [0.25, 0.3) is 0 Å². The van der Waals surface area contributed by atoms with Crippen LogP contribution in [-0.4, -0.2) is 21.6 Å². The molecule has 1 aromatic heterocycles. The van der Waals surface area contributed by atoms with Crippen LogP contribution in [0.25, 0.3) is 0 Å². The van der Waals surface area contributed by atoms with Crippen molar-refractivity contribution >= 4 is 6.03 Å². The Morgan fingerprint density at radius 3 is 2.93 bits per heavy atom. The number of imidazole rings is 1. The summed E-state index contributed by atoms with van der Waals surface area (Å²) in [5.74, 6) is 0.589. The molecule has 0 bridgehead atoms. The van der Waals surface area contributed by atoms with Gasteiger partial charge in [-0.25, -0.2) is 9.78 Å². The average Bonchev–Trinajstić information content (AvgIpc) is 2.74. The van der Waals surface area contributed by atoms with Crippen molar-refractivity contribution in [1.29, 1.82) is 0 Å². The number of carbonyl (C=O) groups excluding carboxylic acids is 1. The molecule has 1 fully saturated rings. The largest absolute Gasteiger partial charge is 0.334 e. The third-order valence-corrected chi connectivity index (χ3v) is 3.16. The van der Waals surface area contributed by atoms with E-state index in [-0.39, 0.29) is 6.03 Å². The molecule has 82 valence electrons. The highest BCUT2D eigenvalue weighted by molar-refractivity contribution is 5.76. The maximum Gasteiger partial charge on any atom is 0.327 e. The molecule has 1 heterocycles. The Balaban J connectivity index is 1.93. The zero-order chi connectivity index (χ0) is 10.7. The Kier molecular flexibility index (Phi) is 3.04. The monoisotopic (exact) mass is 207 g/mol. The van der Waals surface area contributed by atoms with Crippen molar-refractivity contribution in [1.82, 2.24) is 14.9 Å². The Bertz CT molecular complexity index is 321. The Morgan fingerprint density at radius 2 is 2.27 bits per heavy atom. The first-order valence-electron chi connectivity index (χ1n) is 5.56. The molecule has 0 spiro atoms. The van der Waals surface area contributed by atoms with Crippen molar-refractivity contribution in [2.45, 2.75) is 38.6 Å². The summed E-state index contributed by atoms with van der Waals surface area (Å²) in [6, 6.07) is 0.264. The number of nitrogens with one attached hydrogen (secondary N) is 1.